The number of alkyl halides is 3. The summed E-state index contributed by atoms with van der Waals surface area (Å²) in [5, 5.41) is 3.42. The van der Waals surface area contributed by atoms with Crippen molar-refractivity contribution in [1.29, 1.82) is 0 Å². The third kappa shape index (κ3) is 5.56. The van der Waals surface area contributed by atoms with Gasteiger partial charge >= 0.3 is 15.5 Å². The molecule has 2 N–H and O–H groups in total. The van der Waals surface area contributed by atoms with Gasteiger partial charge in [-0.05, 0) is 39.8 Å². The Bertz CT molecular complexity index is 870. The Morgan fingerprint density at radius 2 is 1.90 bits per heavy atom. The molecule has 164 valence electrons. The van der Waals surface area contributed by atoms with Crippen molar-refractivity contribution in [1.82, 2.24) is 9.29 Å². The van der Waals surface area contributed by atoms with Gasteiger partial charge in [0.1, 0.15) is 19.3 Å². The summed E-state index contributed by atoms with van der Waals surface area (Å²) >= 11 is 0. The van der Waals surface area contributed by atoms with E-state index in [1.807, 2.05) is 0 Å². The number of sulfonamides is 1. The van der Waals surface area contributed by atoms with Crippen molar-refractivity contribution in [3.63, 3.8) is 0 Å². The van der Waals surface area contributed by atoms with Crippen LogP contribution in [-0.2, 0) is 14.9 Å². The first kappa shape index (κ1) is 24.6. The monoisotopic (exact) mass is 440 g/mol. The van der Waals surface area contributed by atoms with Crippen LogP contribution in [0.4, 0.5) is 13.2 Å². The number of hydrogen-bond donors (Lipinski definition) is 1. The quantitative estimate of drug-likeness (QED) is 0.462. The molecule has 0 fully saturated rings. The largest absolute Gasteiger partial charge is 0.511 e. The zero-order valence-electron chi connectivity index (χ0n) is 16.5. The second kappa shape index (κ2) is 8.53. The summed E-state index contributed by atoms with van der Waals surface area (Å²) in [6.07, 6.45) is 2.21. The van der Waals surface area contributed by atoms with E-state index in [4.69, 9.17) is 10.5 Å². The average Bonchev–Trinajstić information content (AvgIpc) is 2.56. The van der Waals surface area contributed by atoms with E-state index in [0.29, 0.717) is 0 Å². The van der Waals surface area contributed by atoms with Crippen LogP contribution in [0.25, 0.3) is 0 Å². The molecule has 0 aromatic carbocycles. The predicted octanol–water partition coefficient (Wildman–Crippen LogP) is 1.90. The summed E-state index contributed by atoms with van der Waals surface area (Å²) in [7, 11) is -4.66. The molecule has 0 aliphatic rings. The van der Waals surface area contributed by atoms with Gasteiger partial charge < -0.3 is 15.3 Å². The van der Waals surface area contributed by atoms with E-state index < -0.39 is 39.1 Å². The van der Waals surface area contributed by atoms with Crippen LogP contribution in [0.1, 0.15) is 38.1 Å². The van der Waals surface area contributed by atoms with Crippen LogP contribution < -0.4 is 10.5 Å². The fraction of sp³-hybridized carbons (Fsp3) is 0.562. The van der Waals surface area contributed by atoms with Crippen LogP contribution in [0.5, 0.6) is 5.88 Å². The molecular weight excluding hydrogens is 417 g/mol. The third-order valence-corrected chi connectivity index (χ3v) is 5.71. The molecule has 1 aromatic heterocycles. The maximum Gasteiger partial charge on any atom is 0.511 e. The van der Waals surface area contributed by atoms with Gasteiger partial charge in [-0.15, -0.1) is 0 Å². The first-order valence-corrected chi connectivity index (χ1v) is 9.59. The van der Waals surface area contributed by atoms with Gasteiger partial charge in [0.05, 0.1) is 17.3 Å². The lowest BCUT2D eigenvalue weighted by atomic mass is 9.99. The Morgan fingerprint density at radius 3 is 2.38 bits per heavy atom. The van der Waals surface area contributed by atoms with Crippen LogP contribution >= 0.6 is 0 Å². The smallest absolute Gasteiger partial charge is 0.475 e. The van der Waals surface area contributed by atoms with E-state index >= 15 is 0 Å². The minimum atomic E-state index is -5.82. The number of primary amides is 1. The Hall–Kier alpha value is -2.41. The van der Waals surface area contributed by atoms with Crippen LogP contribution in [-0.4, -0.2) is 60.1 Å². The standard InChI is InChI=1S/C16H23F3N4O5S/c1-14(2,9-22-27-5)23(29(25,26)16(17,18)19)15(3,4)10-28-13-11(12(20)24)7-6-8-21-13/h6-9H,10H2,1-5H3,(H2,20,24)/b22-9+. The third-order valence-electron chi connectivity index (χ3n) is 3.68. The molecule has 0 saturated heterocycles. The highest BCUT2D eigenvalue weighted by molar-refractivity contribution is 7.90. The van der Waals surface area contributed by atoms with Crippen molar-refractivity contribution in [2.75, 3.05) is 13.7 Å². The summed E-state index contributed by atoms with van der Waals surface area (Å²) < 4.78 is 70.5. The first-order chi connectivity index (χ1) is 13.1. The molecule has 1 amide bonds. The highest BCUT2D eigenvalue weighted by atomic mass is 32.2. The Balaban J connectivity index is 3.41. The topological polar surface area (TPSA) is 124 Å². The molecule has 29 heavy (non-hydrogen) atoms. The molecule has 13 heteroatoms. The first-order valence-electron chi connectivity index (χ1n) is 8.15. The number of halogens is 3. The number of hydrogen-bond acceptors (Lipinski definition) is 7. The highest BCUT2D eigenvalue weighted by Gasteiger charge is 2.58. The van der Waals surface area contributed by atoms with E-state index in [2.05, 4.69) is 15.0 Å². The molecule has 0 aliphatic carbocycles. The summed E-state index contributed by atoms with van der Waals surface area (Å²) in [5.74, 6) is -1.10. The van der Waals surface area contributed by atoms with Gasteiger partial charge in [0.2, 0.25) is 5.88 Å². The van der Waals surface area contributed by atoms with Crippen LogP contribution in [0.3, 0.4) is 0 Å². The fourth-order valence-electron chi connectivity index (χ4n) is 2.75. The van der Waals surface area contributed by atoms with E-state index in [1.165, 1.54) is 46.0 Å². The zero-order chi connectivity index (χ0) is 22.7. The summed E-state index contributed by atoms with van der Waals surface area (Å²) in [5.41, 5.74) is -3.98. The van der Waals surface area contributed by atoms with E-state index in [-0.39, 0.29) is 15.7 Å². The maximum absolute atomic E-state index is 13.4. The number of amides is 1. The number of oxime groups is 1. The maximum atomic E-state index is 13.4. The van der Waals surface area contributed by atoms with Crippen LogP contribution in [0.2, 0.25) is 0 Å². The van der Waals surface area contributed by atoms with Crippen LogP contribution in [0.15, 0.2) is 23.5 Å². The van der Waals surface area contributed by atoms with Gasteiger partial charge in [-0.25, -0.2) is 13.4 Å². The molecule has 0 spiro atoms. The molecule has 0 saturated carbocycles. The van der Waals surface area contributed by atoms with Gasteiger partial charge in [0.25, 0.3) is 5.91 Å². The van der Waals surface area contributed by atoms with Gasteiger partial charge in [0, 0.05) is 6.20 Å². The molecule has 0 unspecified atom stereocenters. The number of pyridine rings is 1. The zero-order valence-corrected chi connectivity index (χ0v) is 17.3. The molecule has 1 rings (SSSR count). The normalized spacial score (nSPS) is 13.7. The summed E-state index contributed by atoms with van der Waals surface area (Å²) in [4.78, 5) is 19.8. The van der Waals surface area contributed by atoms with Crippen molar-refractivity contribution in [2.45, 2.75) is 44.3 Å². The predicted molar refractivity (Wildman–Crippen MR) is 98.7 cm³/mol. The van der Waals surface area contributed by atoms with E-state index in [9.17, 15) is 26.4 Å². The second-order valence-electron chi connectivity index (χ2n) is 7.11. The molecule has 0 atom stereocenters. The Labute approximate surface area is 166 Å². The second-order valence-corrected chi connectivity index (χ2v) is 8.89. The molecule has 1 aromatic rings. The Kier molecular flexibility index (Phi) is 7.24. The molecule has 0 bridgehead atoms. The molecule has 9 nitrogen and oxygen atoms in total. The lowest BCUT2D eigenvalue weighted by Gasteiger charge is -2.44. The minimum Gasteiger partial charge on any atom is -0.475 e. The number of nitrogens with two attached hydrogens (primary N) is 1. The number of aromatic nitrogens is 1. The number of rotatable bonds is 9. The summed E-state index contributed by atoms with van der Waals surface area (Å²) in [6, 6.07) is 2.74. The average molecular weight is 440 g/mol. The number of ether oxygens (including phenoxy) is 1. The van der Waals surface area contributed by atoms with Crippen molar-refractivity contribution >= 4 is 22.1 Å². The van der Waals surface area contributed by atoms with Crippen molar-refractivity contribution in [3.8, 4) is 5.88 Å². The number of carbonyl (C=O) groups is 1. The lowest BCUT2D eigenvalue weighted by Crippen LogP contribution is -2.63. The lowest BCUT2D eigenvalue weighted by molar-refractivity contribution is -0.0563. The SMILES string of the molecule is CO/N=C/C(C)(C)N(C(C)(C)COc1ncccc1C(N)=O)S(=O)(=O)C(F)(F)F. The van der Waals surface area contributed by atoms with Crippen molar-refractivity contribution in [2.24, 2.45) is 10.9 Å². The fourth-order valence-corrected chi connectivity index (χ4v) is 4.33. The van der Waals surface area contributed by atoms with Gasteiger partial charge in [-0.1, -0.05) is 5.16 Å². The van der Waals surface area contributed by atoms with Crippen molar-refractivity contribution < 1.29 is 36.0 Å². The minimum absolute atomic E-state index is 0.103. The summed E-state index contributed by atoms with van der Waals surface area (Å²) in [6.45, 7) is 4.31. The van der Waals surface area contributed by atoms with Gasteiger partial charge in [0.15, 0.2) is 0 Å². The van der Waals surface area contributed by atoms with E-state index in [0.717, 1.165) is 13.3 Å². The number of carbonyl (C=O) groups excluding carboxylic acids is 1. The molecular formula is C16H23F3N4O5S. The molecule has 0 radical (unpaired) electrons. The molecule has 1 heterocycles. The Morgan fingerprint density at radius 1 is 1.31 bits per heavy atom. The highest BCUT2D eigenvalue weighted by Crippen LogP contribution is 2.37. The molecule has 0 aliphatic heterocycles. The van der Waals surface area contributed by atoms with E-state index in [1.54, 1.807) is 0 Å². The van der Waals surface area contributed by atoms with Crippen molar-refractivity contribution in [3.05, 3.63) is 23.9 Å². The van der Waals surface area contributed by atoms with Gasteiger partial charge in [-0.3, -0.25) is 4.79 Å². The van der Waals surface area contributed by atoms with Gasteiger partial charge in [-0.2, -0.15) is 17.5 Å². The van der Waals surface area contributed by atoms with Crippen LogP contribution in [0, 0.1) is 0 Å². The number of nitrogens with zero attached hydrogens (tertiary/aromatic N) is 3.